The summed E-state index contributed by atoms with van der Waals surface area (Å²) in [6.45, 7) is 0.486. The van der Waals surface area contributed by atoms with Crippen molar-refractivity contribution in [3.63, 3.8) is 0 Å². The summed E-state index contributed by atoms with van der Waals surface area (Å²) in [6, 6.07) is 29.7. The van der Waals surface area contributed by atoms with Gasteiger partial charge in [0.05, 0.1) is 10.1 Å². The highest BCUT2D eigenvalue weighted by Gasteiger charge is 2.33. The van der Waals surface area contributed by atoms with E-state index in [0.29, 0.717) is 12.4 Å². The number of phenolic OH excluding ortho intramolecular Hbond substituents is 1. The van der Waals surface area contributed by atoms with Crippen LogP contribution in [-0.2, 0) is 6.61 Å². The van der Waals surface area contributed by atoms with Crippen LogP contribution in [0.25, 0.3) is 0 Å². The molecular weight excluding hydrogens is 423 g/mol. The predicted molar refractivity (Wildman–Crippen MR) is 124 cm³/mol. The molecule has 0 saturated carbocycles. The van der Waals surface area contributed by atoms with Crippen molar-refractivity contribution >= 4 is 11.8 Å². The van der Waals surface area contributed by atoms with Crippen LogP contribution in [0.1, 0.15) is 28.0 Å². The van der Waals surface area contributed by atoms with Crippen LogP contribution in [0.5, 0.6) is 17.2 Å². The molecule has 1 N–H and O–H groups in total. The minimum Gasteiger partial charge on any atom is -0.508 e. The normalized spacial score (nSPS) is 17.6. The van der Waals surface area contributed by atoms with E-state index in [-0.39, 0.29) is 17.2 Å². The quantitative estimate of drug-likeness (QED) is 0.344. The number of halogens is 1. The van der Waals surface area contributed by atoms with Crippen molar-refractivity contribution in [1.29, 1.82) is 1.43 Å². The van der Waals surface area contributed by atoms with Gasteiger partial charge in [0, 0.05) is 0 Å². The fraction of sp³-hybridized carbons (Fsp3) is 0.111. The van der Waals surface area contributed by atoms with Crippen LogP contribution in [0.4, 0.5) is 4.39 Å². The SMILES string of the molecule is [3H]Oc1ccc([C@H]2Oc3ccc(OCc4ccccc4)cc3S[C@H]2c2ccc(F)cc2)cc1. The van der Waals surface area contributed by atoms with Gasteiger partial charge in [0.2, 0.25) is 0 Å². The monoisotopic (exact) mass is 446 g/mol. The highest BCUT2D eigenvalue weighted by molar-refractivity contribution is 7.99. The minimum absolute atomic E-state index is 0.0924. The molecule has 1 aliphatic rings. The average Bonchev–Trinajstić information content (AvgIpc) is 2.88. The Bertz CT molecular complexity index is 1220. The summed E-state index contributed by atoms with van der Waals surface area (Å²) in [4.78, 5) is 0.970. The summed E-state index contributed by atoms with van der Waals surface area (Å²) >= 11 is 1.67. The second kappa shape index (κ2) is 8.97. The summed E-state index contributed by atoms with van der Waals surface area (Å²) in [6.07, 6.45) is -0.288. The number of aromatic hydroxyl groups is 1. The van der Waals surface area contributed by atoms with Gasteiger partial charge in [-0.15, -0.1) is 11.8 Å². The van der Waals surface area contributed by atoms with E-state index in [1.165, 1.54) is 12.1 Å². The Hall–Kier alpha value is -3.44. The first kappa shape index (κ1) is 19.3. The third-order valence-corrected chi connectivity index (χ3v) is 6.70. The van der Waals surface area contributed by atoms with Gasteiger partial charge < -0.3 is 14.6 Å². The van der Waals surface area contributed by atoms with Crippen molar-refractivity contribution in [1.82, 2.24) is 0 Å². The molecule has 0 spiro atoms. The lowest BCUT2D eigenvalue weighted by Crippen LogP contribution is -2.19. The number of rotatable bonds is 6. The van der Waals surface area contributed by atoms with E-state index in [9.17, 15) is 4.39 Å². The highest BCUT2D eigenvalue weighted by Crippen LogP contribution is 2.54. The van der Waals surface area contributed by atoms with Crippen LogP contribution in [0.3, 0.4) is 0 Å². The van der Waals surface area contributed by atoms with Crippen LogP contribution in [0.15, 0.2) is 102 Å². The molecule has 0 radical (unpaired) electrons. The van der Waals surface area contributed by atoms with Crippen molar-refractivity contribution in [3.8, 4) is 17.2 Å². The average molecular weight is 447 g/mol. The van der Waals surface area contributed by atoms with Gasteiger partial charge >= 0.3 is 0 Å². The molecule has 0 amide bonds. The van der Waals surface area contributed by atoms with Gasteiger partial charge in [-0.25, -0.2) is 4.39 Å². The van der Waals surface area contributed by atoms with Gasteiger partial charge in [-0.3, -0.25) is 0 Å². The second-order valence-corrected chi connectivity index (χ2v) is 8.76. The number of hydrogen-bond acceptors (Lipinski definition) is 4. The van der Waals surface area contributed by atoms with Gasteiger partial charge in [-0.1, -0.05) is 54.6 Å². The second-order valence-electron chi connectivity index (χ2n) is 7.58. The molecule has 5 heteroatoms. The Labute approximate surface area is 191 Å². The van der Waals surface area contributed by atoms with Crippen molar-refractivity contribution < 1.29 is 19.0 Å². The summed E-state index contributed by atoms with van der Waals surface area (Å²) in [7, 11) is 0. The fourth-order valence-corrected chi connectivity index (χ4v) is 5.02. The molecular formula is C27H21FO3S. The van der Waals surface area contributed by atoms with E-state index in [4.69, 9.17) is 10.9 Å². The molecule has 160 valence electrons. The summed E-state index contributed by atoms with van der Waals surface area (Å²) in [5, 5.41) is 4.46. The maximum absolute atomic E-state index is 13.6. The summed E-state index contributed by atoms with van der Waals surface area (Å²) in [5.41, 5.74) is 3.02. The Morgan fingerprint density at radius 1 is 0.906 bits per heavy atom. The van der Waals surface area contributed by atoms with Crippen LogP contribution < -0.4 is 9.47 Å². The van der Waals surface area contributed by atoms with Gasteiger partial charge in [0.15, 0.2) is 0 Å². The van der Waals surface area contributed by atoms with Crippen molar-refractivity contribution in [2.45, 2.75) is 22.9 Å². The topological polar surface area (TPSA) is 38.7 Å². The number of thioether (sulfide) groups is 1. The van der Waals surface area contributed by atoms with Crippen LogP contribution in [-0.4, -0.2) is 6.54 Å². The third kappa shape index (κ3) is 4.43. The van der Waals surface area contributed by atoms with E-state index in [1.807, 2.05) is 60.7 Å². The van der Waals surface area contributed by atoms with Crippen LogP contribution >= 0.6 is 11.8 Å². The van der Waals surface area contributed by atoms with Gasteiger partial charge in [-0.2, -0.15) is 0 Å². The van der Waals surface area contributed by atoms with Gasteiger partial charge in [-0.05, 0) is 59.2 Å². The molecule has 0 unspecified atom stereocenters. The van der Waals surface area contributed by atoms with E-state index in [0.717, 1.165) is 33.1 Å². The molecule has 3 nitrogen and oxygen atoms in total. The van der Waals surface area contributed by atoms with Crippen molar-refractivity contribution in [3.05, 3.63) is 120 Å². The summed E-state index contributed by atoms with van der Waals surface area (Å²) in [5.74, 6) is 1.73. The number of ether oxygens (including phenoxy) is 2. The molecule has 0 saturated heterocycles. The maximum atomic E-state index is 13.6. The number of benzene rings is 4. The molecule has 1 aliphatic heterocycles. The summed E-state index contributed by atoms with van der Waals surface area (Å²) < 4.78 is 33.1. The van der Waals surface area contributed by atoms with E-state index >= 15 is 0 Å². The van der Waals surface area contributed by atoms with E-state index in [1.54, 1.807) is 36.0 Å². The standard InChI is InChI=1S/C27H21FO3S/c28-21-10-6-20(7-11-21)27-26(19-8-12-22(29)13-9-19)31-24-15-14-23(16-25(24)32-27)30-17-18-4-2-1-3-5-18/h1-16,26-27,29H,17H2/t26-,27+/m1/s1/i/hT. The zero-order chi connectivity index (χ0) is 22.6. The molecule has 32 heavy (non-hydrogen) atoms. The number of fused-ring (bicyclic) bond motifs is 1. The first-order chi connectivity index (χ1) is 16.2. The Balaban J connectivity index is 1.44. The molecule has 4 aromatic carbocycles. The zero-order valence-corrected chi connectivity index (χ0v) is 17.9. The molecule has 1 heterocycles. The van der Waals surface area contributed by atoms with Crippen LogP contribution in [0, 0.1) is 5.82 Å². The maximum Gasteiger partial charge on any atom is 0.293 e. The van der Waals surface area contributed by atoms with Crippen molar-refractivity contribution in [2.75, 3.05) is 0 Å². The molecule has 0 bridgehead atoms. The lowest BCUT2D eigenvalue weighted by Gasteiger charge is -2.34. The molecule has 2 atom stereocenters. The fourth-order valence-electron chi connectivity index (χ4n) is 3.70. The predicted octanol–water partition coefficient (Wildman–Crippen LogP) is 7.08. The minimum atomic E-state index is -0.288. The first-order valence-electron chi connectivity index (χ1n) is 10.7. The molecule has 4 aromatic rings. The van der Waals surface area contributed by atoms with Crippen LogP contribution in [0.2, 0.25) is 0 Å². The first-order valence-corrected chi connectivity index (χ1v) is 11.2. The zero-order valence-electron chi connectivity index (χ0n) is 18.1. The van der Waals surface area contributed by atoms with Gasteiger partial charge in [0.25, 0.3) is 1.43 Å². The molecule has 0 fully saturated rings. The smallest absolute Gasteiger partial charge is 0.293 e. The lowest BCUT2D eigenvalue weighted by molar-refractivity contribution is 0.190. The van der Waals surface area contributed by atoms with Gasteiger partial charge in [0.1, 0.15) is 35.8 Å². The highest BCUT2D eigenvalue weighted by atomic mass is 32.2. The lowest BCUT2D eigenvalue weighted by atomic mass is 10.00. The molecule has 5 rings (SSSR count). The Morgan fingerprint density at radius 3 is 2.41 bits per heavy atom. The van der Waals surface area contributed by atoms with E-state index in [2.05, 4.69) is 5.11 Å². The number of phenols is 1. The molecule has 0 aliphatic carbocycles. The third-order valence-electron chi connectivity index (χ3n) is 5.35. The largest absolute Gasteiger partial charge is 0.508 e. The Morgan fingerprint density at radius 2 is 1.66 bits per heavy atom. The van der Waals surface area contributed by atoms with Crippen molar-refractivity contribution in [2.24, 2.45) is 0 Å². The van der Waals surface area contributed by atoms with E-state index < -0.39 is 0 Å². The number of hydrogen-bond donors (Lipinski definition) is 1. The molecule has 0 aromatic heterocycles. The Kier molecular flexibility index (Phi) is 5.40.